The predicted octanol–water partition coefficient (Wildman–Crippen LogP) is 2.04. The fourth-order valence-electron chi connectivity index (χ4n) is 5.12. The molecule has 3 atom stereocenters. The Balaban J connectivity index is 1.39. The van der Waals surface area contributed by atoms with Crippen LogP contribution in [-0.2, 0) is 17.6 Å². The second kappa shape index (κ2) is 6.62. The third-order valence-corrected chi connectivity index (χ3v) is 6.69. The molecule has 6 nitrogen and oxygen atoms in total. The molecule has 1 aromatic carbocycles. The molecule has 28 heavy (non-hydrogen) atoms. The lowest BCUT2D eigenvalue weighted by atomic mass is 10.0. The molecule has 0 radical (unpaired) electrons. The van der Waals surface area contributed by atoms with Gasteiger partial charge in [-0.15, -0.1) is 0 Å². The Hall–Kier alpha value is -2.34. The van der Waals surface area contributed by atoms with Gasteiger partial charge in [0.1, 0.15) is 11.3 Å². The molecule has 5 rings (SSSR count). The molecule has 0 bridgehead atoms. The van der Waals surface area contributed by atoms with E-state index < -0.39 is 6.10 Å². The minimum atomic E-state index is -0.566. The van der Waals surface area contributed by atoms with E-state index in [1.807, 2.05) is 24.0 Å². The van der Waals surface area contributed by atoms with E-state index in [9.17, 15) is 9.59 Å². The lowest BCUT2D eigenvalue weighted by molar-refractivity contribution is -0.137. The molecule has 1 unspecified atom stereocenters. The van der Waals surface area contributed by atoms with Crippen LogP contribution in [0.15, 0.2) is 21.3 Å². The van der Waals surface area contributed by atoms with Crippen LogP contribution in [0.25, 0.3) is 11.0 Å². The first-order valence-electron chi connectivity index (χ1n) is 10.3. The van der Waals surface area contributed by atoms with Crippen molar-refractivity contribution in [3.63, 3.8) is 0 Å². The lowest BCUT2D eigenvalue weighted by Crippen LogP contribution is -2.40. The fraction of sp³-hybridized carbons (Fsp3) is 0.545. The molecule has 3 aliphatic rings. The summed E-state index contributed by atoms with van der Waals surface area (Å²) in [6.45, 7) is 7.31. The normalized spacial score (nSPS) is 24.4. The SMILES string of the molecule is Cc1c(OC(C)C(=O)N2C[C@H]3CNC[C@H]3C2)ccc2c3c(c(=O)oc12)CCC3. The van der Waals surface area contributed by atoms with Crippen molar-refractivity contribution in [2.24, 2.45) is 11.8 Å². The molecule has 3 heterocycles. The maximum absolute atomic E-state index is 12.9. The third kappa shape index (κ3) is 2.73. The Morgan fingerprint density at radius 1 is 1.21 bits per heavy atom. The highest BCUT2D eigenvalue weighted by Gasteiger charge is 2.39. The smallest absolute Gasteiger partial charge is 0.339 e. The number of aryl methyl sites for hydroxylation is 2. The molecule has 2 fully saturated rings. The summed E-state index contributed by atoms with van der Waals surface area (Å²) in [4.78, 5) is 27.1. The Morgan fingerprint density at radius 3 is 2.68 bits per heavy atom. The minimum absolute atomic E-state index is 0.0318. The summed E-state index contributed by atoms with van der Waals surface area (Å²) in [6, 6.07) is 3.87. The monoisotopic (exact) mass is 382 g/mol. The van der Waals surface area contributed by atoms with Gasteiger partial charge in [-0.2, -0.15) is 0 Å². The zero-order valence-electron chi connectivity index (χ0n) is 16.4. The van der Waals surface area contributed by atoms with Crippen LogP contribution in [0.5, 0.6) is 5.75 Å². The maximum Gasteiger partial charge on any atom is 0.339 e. The van der Waals surface area contributed by atoms with E-state index in [-0.39, 0.29) is 11.5 Å². The molecule has 1 N–H and O–H groups in total. The molecular weight excluding hydrogens is 356 g/mol. The molecule has 2 saturated heterocycles. The number of carbonyl (C=O) groups excluding carboxylic acids is 1. The molecular formula is C22H26N2O4. The van der Waals surface area contributed by atoms with Crippen LogP contribution in [-0.4, -0.2) is 43.1 Å². The summed E-state index contributed by atoms with van der Waals surface area (Å²) in [7, 11) is 0. The summed E-state index contributed by atoms with van der Waals surface area (Å²) in [5.41, 5.74) is 3.07. The third-order valence-electron chi connectivity index (χ3n) is 6.69. The quantitative estimate of drug-likeness (QED) is 0.823. The van der Waals surface area contributed by atoms with Crippen LogP contribution in [0.4, 0.5) is 0 Å². The second-order valence-electron chi connectivity index (χ2n) is 8.45. The van der Waals surface area contributed by atoms with E-state index in [2.05, 4.69) is 5.32 Å². The van der Waals surface area contributed by atoms with Crippen LogP contribution in [0, 0.1) is 18.8 Å². The summed E-state index contributed by atoms with van der Waals surface area (Å²) >= 11 is 0. The van der Waals surface area contributed by atoms with E-state index in [0.29, 0.717) is 23.2 Å². The number of carbonyl (C=O) groups is 1. The first-order chi connectivity index (χ1) is 13.5. The van der Waals surface area contributed by atoms with Gasteiger partial charge in [0, 0.05) is 42.7 Å². The largest absolute Gasteiger partial charge is 0.480 e. The number of hydrogen-bond acceptors (Lipinski definition) is 5. The number of nitrogens with one attached hydrogen (secondary N) is 1. The molecule has 2 aromatic rings. The highest BCUT2D eigenvalue weighted by molar-refractivity contribution is 5.87. The highest BCUT2D eigenvalue weighted by Crippen LogP contribution is 2.34. The number of likely N-dealkylation sites (tertiary alicyclic amines) is 1. The number of amides is 1. The lowest BCUT2D eigenvalue weighted by Gasteiger charge is -2.23. The standard InChI is InChI=1S/C22H26N2O4/c1-12-19(7-6-17-16-4-3-5-18(16)22(26)28-20(12)17)27-13(2)21(25)24-10-14-8-23-9-15(14)11-24/h6-7,13-15,23H,3-5,8-11H2,1-2H3/t13?,14-,15+. The van der Waals surface area contributed by atoms with Crippen molar-refractivity contribution in [2.45, 2.75) is 39.2 Å². The number of hydrogen-bond donors (Lipinski definition) is 1. The molecule has 1 amide bonds. The van der Waals surface area contributed by atoms with E-state index in [4.69, 9.17) is 9.15 Å². The van der Waals surface area contributed by atoms with Gasteiger partial charge in [0.25, 0.3) is 5.91 Å². The van der Waals surface area contributed by atoms with Gasteiger partial charge in [0.05, 0.1) is 0 Å². The average molecular weight is 382 g/mol. The van der Waals surface area contributed by atoms with E-state index in [1.165, 1.54) is 0 Å². The number of fused-ring (bicyclic) bond motifs is 4. The minimum Gasteiger partial charge on any atom is -0.480 e. The Kier molecular flexibility index (Phi) is 4.19. The molecule has 0 saturated carbocycles. The molecule has 148 valence electrons. The topological polar surface area (TPSA) is 71.8 Å². The Bertz CT molecular complexity index is 1000. The van der Waals surface area contributed by atoms with Gasteiger partial charge in [-0.25, -0.2) is 4.79 Å². The Morgan fingerprint density at radius 2 is 1.93 bits per heavy atom. The maximum atomic E-state index is 12.9. The molecule has 1 aliphatic carbocycles. The van der Waals surface area contributed by atoms with Gasteiger partial charge in [-0.1, -0.05) is 0 Å². The summed E-state index contributed by atoms with van der Waals surface area (Å²) < 4.78 is 11.7. The van der Waals surface area contributed by atoms with Gasteiger partial charge in [0.2, 0.25) is 0 Å². The van der Waals surface area contributed by atoms with Crippen LogP contribution in [0.1, 0.15) is 30.0 Å². The van der Waals surface area contributed by atoms with Gasteiger partial charge in [-0.3, -0.25) is 4.79 Å². The van der Waals surface area contributed by atoms with Crippen molar-refractivity contribution < 1.29 is 13.9 Å². The predicted molar refractivity (Wildman–Crippen MR) is 106 cm³/mol. The summed E-state index contributed by atoms with van der Waals surface area (Å²) in [6.07, 6.45) is 2.14. The van der Waals surface area contributed by atoms with Crippen LogP contribution >= 0.6 is 0 Å². The van der Waals surface area contributed by atoms with Crippen molar-refractivity contribution in [1.29, 1.82) is 0 Å². The summed E-state index contributed by atoms with van der Waals surface area (Å²) in [5, 5.41) is 4.39. The number of benzene rings is 1. The average Bonchev–Trinajstić information content (AvgIpc) is 3.39. The zero-order valence-corrected chi connectivity index (χ0v) is 16.4. The highest BCUT2D eigenvalue weighted by atomic mass is 16.5. The molecule has 2 aliphatic heterocycles. The van der Waals surface area contributed by atoms with Crippen molar-refractivity contribution >= 4 is 16.9 Å². The van der Waals surface area contributed by atoms with Gasteiger partial charge >= 0.3 is 5.63 Å². The molecule has 0 spiro atoms. The molecule has 1 aromatic heterocycles. The fourth-order valence-corrected chi connectivity index (χ4v) is 5.12. The number of nitrogens with zero attached hydrogens (tertiary/aromatic N) is 1. The van der Waals surface area contributed by atoms with Crippen molar-refractivity contribution in [3.05, 3.63) is 39.2 Å². The first kappa shape index (κ1) is 17.7. The van der Waals surface area contributed by atoms with Gasteiger partial charge in [-0.05, 0) is 62.6 Å². The van der Waals surface area contributed by atoms with Gasteiger partial charge in [0.15, 0.2) is 6.10 Å². The Labute approximate surface area is 163 Å². The van der Waals surface area contributed by atoms with E-state index >= 15 is 0 Å². The number of ether oxygens (including phenoxy) is 1. The van der Waals surface area contributed by atoms with E-state index in [0.717, 1.165) is 67.5 Å². The van der Waals surface area contributed by atoms with Crippen LogP contribution in [0.3, 0.4) is 0 Å². The van der Waals surface area contributed by atoms with Crippen LogP contribution in [0.2, 0.25) is 0 Å². The summed E-state index contributed by atoms with van der Waals surface area (Å²) in [5.74, 6) is 1.77. The van der Waals surface area contributed by atoms with Crippen molar-refractivity contribution in [1.82, 2.24) is 10.2 Å². The first-order valence-corrected chi connectivity index (χ1v) is 10.3. The van der Waals surface area contributed by atoms with Crippen molar-refractivity contribution in [3.8, 4) is 5.75 Å². The van der Waals surface area contributed by atoms with Gasteiger partial charge < -0.3 is 19.4 Å². The van der Waals surface area contributed by atoms with E-state index in [1.54, 1.807) is 6.92 Å². The molecule has 6 heteroatoms. The van der Waals surface area contributed by atoms with Crippen LogP contribution < -0.4 is 15.7 Å². The second-order valence-corrected chi connectivity index (χ2v) is 8.45. The number of rotatable bonds is 3. The zero-order chi connectivity index (χ0) is 19.4. The van der Waals surface area contributed by atoms with Crippen molar-refractivity contribution in [2.75, 3.05) is 26.2 Å².